The van der Waals surface area contributed by atoms with Crippen LogP contribution in [-0.4, -0.2) is 69.1 Å². The molecule has 0 amide bonds. The van der Waals surface area contributed by atoms with Crippen LogP contribution in [0.3, 0.4) is 0 Å². The second kappa shape index (κ2) is 16.8. The number of carbonyl (C=O) groups is 1. The van der Waals surface area contributed by atoms with E-state index in [0.29, 0.717) is 41.5 Å². The zero-order valence-corrected chi connectivity index (χ0v) is 32.5. The normalized spacial score (nSPS) is 34.6. The van der Waals surface area contributed by atoms with Gasteiger partial charge in [0.15, 0.2) is 0 Å². The molecule has 6 rings (SSSR count). The van der Waals surface area contributed by atoms with E-state index >= 15 is 0 Å². The molecular formula is C42H66ClN3O4. The third kappa shape index (κ3) is 8.48. The van der Waals surface area contributed by atoms with Gasteiger partial charge in [0.05, 0.1) is 17.7 Å². The number of rotatable bonds is 12. The van der Waals surface area contributed by atoms with Crippen molar-refractivity contribution in [2.45, 2.75) is 137 Å². The van der Waals surface area contributed by atoms with Crippen molar-refractivity contribution in [3.63, 3.8) is 0 Å². The molecule has 1 aromatic carbocycles. The van der Waals surface area contributed by atoms with Crippen LogP contribution in [0.4, 0.5) is 5.69 Å². The van der Waals surface area contributed by atoms with Crippen LogP contribution in [0.15, 0.2) is 30.5 Å². The molecule has 11 atom stereocenters. The first kappa shape index (κ1) is 39.3. The van der Waals surface area contributed by atoms with E-state index in [1.807, 2.05) is 30.5 Å². The molecule has 4 saturated carbocycles. The minimum atomic E-state index is -0.684. The van der Waals surface area contributed by atoms with Crippen molar-refractivity contribution >= 4 is 34.2 Å². The fourth-order valence-corrected chi connectivity index (χ4v) is 11.6. The Morgan fingerprint density at radius 1 is 1.00 bits per heavy atom. The van der Waals surface area contributed by atoms with Crippen molar-refractivity contribution in [2.24, 2.45) is 46.3 Å². The number of anilines is 1. The summed E-state index contributed by atoms with van der Waals surface area (Å²) in [7, 11) is 0. The van der Waals surface area contributed by atoms with Crippen molar-refractivity contribution in [3.05, 3.63) is 35.5 Å². The Bertz CT molecular complexity index is 1420. The molecule has 1 unspecified atom stereocenters. The van der Waals surface area contributed by atoms with Gasteiger partial charge < -0.3 is 25.5 Å². The zero-order chi connectivity index (χ0) is 36.2. The molecule has 1 heterocycles. The lowest BCUT2D eigenvalue weighted by molar-refractivity contribution is -0.174. The van der Waals surface area contributed by atoms with E-state index in [2.05, 4.69) is 56.7 Å². The van der Waals surface area contributed by atoms with Gasteiger partial charge in [-0.15, -0.1) is 0 Å². The molecule has 50 heavy (non-hydrogen) atoms. The van der Waals surface area contributed by atoms with Gasteiger partial charge in [-0.05, 0) is 168 Å². The van der Waals surface area contributed by atoms with Crippen molar-refractivity contribution in [1.29, 1.82) is 0 Å². The summed E-state index contributed by atoms with van der Waals surface area (Å²) in [5.41, 5.74) is 2.60. The molecule has 8 heteroatoms. The SMILES string of the molecule is CCN(CC)CCCC(C)Nc1ccnc2cc(Cl)ccc12.C[C@H](CCC(=O)O)[C@H]1CC[C@H]2[C@@H]3[C@H](O)C[C@@H]4C[C@H](O)CC[C@]4(C)[C@H]3CC[C@]12C. The van der Waals surface area contributed by atoms with Crippen LogP contribution in [0.25, 0.3) is 10.9 Å². The monoisotopic (exact) mass is 711 g/mol. The third-order valence-corrected chi connectivity index (χ3v) is 14.6. The van der Waals surface area contributed by atoms with Gasteiger partial charge in [0, 0.05) is 34.8 Å². The van der Waals surface area contributed by atoms with E-state index in [1.165, 1.54) is 38.6 Å². The second-order valence-corrected chi connectivity index (χ2v) is 17.5. The van der Waals surface area contributed by atoms with Gasteiger partial charge in [-0.3, -0.25) is 9.78 Å². The minimum Gasteiger partial charge on any atom is -0.481 e. The summed E-state index contributed by atoms with van der Waals surface area (Å²) in [4.78, 5) is 17.9. The van der Waals surface area contributed by atoms with Crippen LogP contribution < -0.4 is 5.32 Å². The Morgan fingerprint density at radius 2 is 1.72 bits per heavy atom. The maximum absolute atomic E-state index is 11.2. The predicted molar refractivity (Wildman–Crippen MR) is 206 cm³/mol. The molecule has 4 aliphatic carbocycles. The topological polar surface area (TPSA) is 106 Å². The van der Waals surface area contributed by atoms with E-state index in [0.717, 1.165) is 73.2 Å². The fourth-order valence-electron chi connectivity index (χ4n) is 11.5. The van der Waals surface area contributed by atoms with Gasteiger partial charge in [0.25, 0.3) is 0 Å². The van der Waals surface area contributed by atoms with Crippen molar-refractivity contribution in [3.8, 4) is 0 Å². The zero-order valence-electron chi connectivity index (χ0n) is 31.7. The molecule has 0 bridgehead atoms. The summed E-state index contributed by atoms with van der Waals surface area (Å²) in [6.45, 7) is 17.3. The van der Waals surface area contributed by atoms with E-state index in [-0.39, 0.29) is 29.5 Å². The Hall–Kier alpha value is -1.93. The molecule has 2 aromatic rings. The van der Waals surface area contributed by atoms with Crippen molar-refractivity contribution in [2.75, 3.05) is 25.0 Å². The smallest absolute Gasteiger partial charge is 0.303 e. The summed E-state index contributed by atoms with van der Waals surface area (Å²) in [5.74, 6) is 2.36. The molecule has 0 aliphatic heterocycles. The Labute approximate surface area is 307 Å². The van der Waals surface area contributed by atoms with Gasteiger partial charge in [0.1, 0.15) is 0 Å². The highest BCUT2D eigenvalue weighted by Gasteiger charge is 2.62. The standard InChI is InChI=1S/C24H40O4.C18H26ClN3/c1-14(4-7-21(27)28)17-5-6-18-22-19(9-11-24(17,18)3)23(2)10-8-16(25)12-15(23)13-20(22)26;1-4-22(5-2)12-6-7-14(3)21-17-10-11-20-18-13-15(19)8-9-16(17)18/h14-20,22,25-26H,4-13H2,1-3H3,(H,27,28);8-11,13-14H,4-7,12H2,1-3H3,(H,20,21)/t14-,15+,16-,17-,18+,19+,20-,22+,23+,24-;/m1./s1. The molecular weight excluding hydrogens is 646 g/mol. The van der Waals surface area contributed by atoms with Crippen molar-refractivity contribution < 1.29 is 20.1 Å². The first-order valence-electron chi connectivity index (χ1n) is 19.9. The predicted octanol–water partition coefficient (Wildman–Crippen LogP) is 9.29. The first-order chi connectivity index (χ1) is 23.8. The maximum Gasteiger partial charge on any atom is 0.303 e. The van der Waals surface area contributed by atoms with Crippen LogP contribution >= 0.6 is 11.6 Å². The molecule has 0 radical (unpaired) electrons. The number of aromatic nitrogens is 1. The highest BCUT2D eigenvalue weighted by Crippen LogP contribution is 2.68. The average Bonchev–Trinajstić information content (AvgIpc) is 3.44. The summed E-state index contributed by atoms with van der Waals surface area (Å²) < 4.78 is 0. The quantitative estimate of drug-likeness (QED) is 0.174. The summed E-state index contributed by atoms with van der Waals surface area (Å²) in [6.07, 6.45) is 13.4. The van der Waals surface area contributed by atoms with Gasteiger partial charge in [0.2, 0.25) is 0 Å². The molecule has 0 saturated heterocycles. The molecule has 4 N–H and O–H groups in total. The van der Waals surface area contributed by atoms with Crippen LogP contribution in [0.5, 0.6) is 0 Å². The largest absolute Gasteiger partial charge is 0.481 e. The number of hydrogen-bond acceptors (Lipinski definition) is 6. The Morgan fingerprint density at radius 3 is 2.44 bits per heavy atom. The molecule has 4 fully saturated rings. The molecule has 4 aliphatic rings. The lowest BCUT2D eigenvalue weighted by Gasteiger charge is -2.62. The number of pyridine rings is 1. The van der Waals surface area contributed by atoms with Gasteiger partial charge in [-0.25, -0.2) is 0 Å². The maximum atomic E-state index is 11.2. The van der Waals surface area contributed by atoms with Gasteiger partial charge in [-0.2, -0.15) is 0 Å². The number of halogens is 1. The lowest BCUT2D eigenvalue weighted by Crippen LogP contribution is -2.58. The summed E-state index contributed by atoms with van der Waals surface area (Å²) in [5, 5.41) is 36.0. The number of fused-ring (bicyclic) bond motifs is 6. The second-order valence-electron chi connectivity index (χ2n) is 17.1. The molecule has 0 spiro atoms. The van der Waals surface area contributed by atoms with Crippen LogP contribution in [-0.2, 0) is 4.79 Å². The number of carboxylic acids is 1. The minimum absolute atomic E-state index is 0.179. The highest BCUT2D eigenvalue weighted by molar-refractivity contribution is 6.31. The number of aliphatic hydroxyl groups is 2. The Kier molecular flexibility index (Phi) is 13.2. The average molecular weight is 712 g/mol. The van der Waals surface area contributed by atoms with Crippen LogP contribution in [0, 0.1) is 46.3 Å². The number of nitrogens with one attached hydrogen (secondary N) is 1. The van der Waals surface area contributed by atoms with E-state index in [9.17, 15) is 15.0 Å². The van der Waals surface area contributed by atoms with Crippen LogP contribution in [0.1, 0.15) is 119 Å². The van der Waals surface area contributed by atoms with Gasteiger partial charge >= 0.3 is 5.97 Å². The van der Waals surface area contributed by atoms with E-state index in [1.54, 1.807) is 0 Å². The number of benzene rings is 1. The fraction of sp³-hybridized carbons (Fsp3) is 0.762. The third-order valence-electron chi connectivity index (χ3n) is 14.3. The van der Waals surface area contributed by atoms with Crippen molar-refractivity contribution in [1.82, 2.24) is 9.88 Å². The Balaban J connectivity index is 0.000000201. The summed E-state index contributed by atoms with van der Waals surface area (Å²) in [6, 6.07) is 8.35. The molecule has 7 nitrogen and oxygen atoms in total. The molecule has 280 valence electrons. The number of aliphatic hydroxyl groups excluding tert-OH is 2. The first-order valence-corrected chi connectivity index (χ1v) is 20.3. The molecule has 1 aromatic heterocycles. The van der Waals surface area contributed by atoms with E-state index in [4.69, 9.17) is 16.7 Å². The number of aliphatic carboxylic acids is 1. The number of hydrogen-bond donors (Lipinski definition) is 4. The lowest BCUT2D eigenvalue weighted by atomic mass is 9.43. The number of nitrogens with zero attached hydrogens (tertiary/aromatic N) is 2. The van der Waals surface area contributed by atoms with E-state index < -0.39 is 5.97 Å². The van der Waals surface area contributed by atoms with Crippen LogP contribution in [0.2, 0.25) is 5.02 Å². The highest BCUT2D eigenvalue weighted by atomic mass is 35.5. The number of carboxylic acid groups (broad SMARTS) is 1. The van der Waals surface area contributed by atoms with Gasteiger partial charge in [-0.1, -0.05) is 46.2 Å². The summed E-state index contributed by atoms with van der Waals surface area (Å²) >= 11 is 6.04.